The number of carboxylic acid groups (broad SMARTS) is 1. The molecule has 0 bridgehead atoms. The molecule has 0 radical (unpaired) electrons. The third-order valence-electron chi connectivity index (χ3n) is 5.48. The van der Waals surface area contributed by atoms with E-state index in [1.54, 1.807) is 24.3 Å². The Morgan fingerprint density at radius 3 is 2.63 bits per heavy atom. The largest absolute Gasteiger partial charge is 0.480 e. The van der Waals surface area contributed by atoms with E-state index < -0.39 is 17.9 Å². The van der Waals surface area contributed by atoms with Crippen LogP contribution in [-0.4, -0.2) is 44.7 Å². The van der Waals surface area contributed by atoms with Gasteiger partial charge in [-0.15, -0.1) is 0 Å². The van der Waals surface area contributed by atoms with Crippen LogP contribution in [0.15, 0.2) is 53.3 Å². The van der Waals surface area contributed by atoms with Crippen molar-refractivity contribution in [1.29, 1.82) is 0 Å². The molecule has 0 aliphatic carbocycles. The second kappa shape index (κ2) is 12.6. The highest BCUT2D eigenvalue weighted by atomic mass is 32.1. The summed E-state index contributed by atoms with van der Waals surface area (Å²) in [6, 6.07) is 13.8. The first-order chi connectivity index (χ1) is 16.8. The molecular weight excluding hydrogens is 466 g/mol. The standard InChI is InChI=1S/C25H29N5O4S/c1-16-8-2-4-10-18(16)29-25(35)26-15-7-6-12-20(24(33)34)28-22(31)14-13-21-27-19-11-5-3-9-17(19)23(32)30-21/h2-5,8-11,20H,6-7,12-15H2,1H3,(H,28,31)(H,33,34)(H2,26,29,35)(H,27,30,32)/t20-/m0/s1. The van der Waals surface area contributed by atoms with Crippen LogP contribution in [0.2, 0.25) is 0 Å². The lowest BCUT2D eigenvalue weighted by atomic mass is 10.1. The normalized spacial score (nSPS) is 11.6. The molecule has 0 fully saturated rings. The first kappa shape index (κ1) is 25.8. The summed E-state index contributed by atoms with van der Waals surface area (Å²) in [4.78, 5) is 43.1. The number of anilines is 1. The Kier molecular flexibility index (Phi) is 9.31. The van der Waals surface area contributed by atoms with Crippen LogP contribution in [0.3, 0.4) is 0 Å². The molecule has 5 N–H and O–H groups in total. The number of H-pyrrole nitrogens is 1. The summed E-state index contributed by atoms with van der Waals surface area (Å²) >= 11 is 5.30. The lowest BCUT2D eigenvalue weighted by Crippen LogP contribution is -2.41. The van der Waals surface area contributed by atoms with E-state index in [4.69, 9.17) is 12.2 Å². The number of carbonyl (C=O) groups is 2. The van der Waals surface area contributed by atoms with Crippen molar-refractivity contribution in [3.63, 3.8) is 0 Å². The van der Waals surface area contributed by atoms with Crippen LogP contribution < -0.4 is 21.5 Å². The van der Waals surface area contributed by atoms with Gasteiger partial charge in [0.15, 0.2) is 5.11 Å². The molecule has 1 aromatic heterocycles. The zero-order valence-corrected chi connectivity index (χ0v) is 20.3. The van der Waals surface area contributed by atoms with Crippen molar-refractivity contribution in [3.8, 4) is 0 Å². The molecule has 3 aromatic rings. The van der Waals surface area contributed by atoms with Crippen molar-refractivity contribution in [1.82, 2.24) is 20.6 Å². The van der Waals surface area contributed by atoms with Gasteiger partial charge in [0, 0.05) is 25.1 Å². The lowest BCUT2D eigenvalue weighted by Gasteiger charge is -2.15. The lowest BCUT2D eigenvalue weighted by molar-refractivity contribution is -0.142. The molecule has 0 unspecified atom stereocenters. The number of amides is 1. The number of hydrogen-bond acceptors (Lipinski definition) is 5. The number of carboxylic acids is 1. The van der Waals surface area contributed by atoms with Gasteiger partial charge in [-0.25, -0.2) is 9.78 Å². The van der Waals surface area contributed by atoms with E-state index in [-0.39, 0.29) is 18.4 Å². The first-order valence-corrected chi connectivity index (χ1v) is 11.8. The fraction of sp³-hybridized carbons (Fsp3) is 0.320. The molecule has 2 aromatic carbocycles. The summed E-state index contributed by atoms with van der Waals surface area (Å²) in [6.45, 7) is 2.57. The molecule has 3 rings (SSSR count). The highest BCUT2D eigenvalue weighted by Gasteiger charge is 2.19. The topological polar surface area (TPSA) is 136 Å². The summed E-state index contributed by atoms with van der Waals surface area (Å²) in [5, 5.41) is 19.3. The minimum absolute atomic E-state index is 0.0193. The molecule has 35 heavy (non-hydrogen) atoms. The van der Waals surface area contributed by atoms with Crippen LogP contribution >= 0.6 is 12.2 Å². The molecule has 0 saturated heterocycles. The summed E-state index contributed by atoms with van der Waals surface area (Å²) in [5.41, 5.74) is 2.30. The molecule has 0 saturated carbocycles. The molecular formula is C25H29N5O4S. The Hall–Kier alpha value is -3.79. The number of fused-ring (bicyclic) bond motifs is 1. The molecule has 0 aliphatic heterocycles. The molecule has 9 nitrogen and oxygen atoms in total. The molecule has 1 heterocycles. The van der Waals surface area contributed by atoms with Crippen LogP contribution in [0.5, 0.6) is 0 Å². The number of para-hydroxylation sites is 2. The van der Waals surface area contributed by atoms with Crippen LogP contribution in [0.1, 0.15) is 37.1 Å². The molecule has 10 heteroatoms. The highest BCUT2D eigenvalue weighted by molar-refractivity contribution is 7.80. The van der Waals surface area contributed by atoms with Gasteiger partial charge in [0.2, 0.25) is 5.91 Å². The molecule has 0 aliphatic rings. The van der Waals surface area contributed by atoms with Crippen LogP contribution in [0, 0.1) is 6.92 Å². The smallest absolute Gasteiger partial charge is 0.326 e. The molecule has 0 spiro atoms. The highest BCUT2D eigenvalue weighted by Crippen LogP contribution is 2.13. The quantitative estimate of drug-likeness (QED) is 0.202. The van der Waals surface area contributed by atoms with Crippen LogP contribution in [-0.2, 0) is 16.0 Å². The second-order valence-corrected chi connectivity index (χ2v) is 8.59. The van der Waals surface area contributed by atoms with Gasteiger partial charge in [-0.2, -0.15) is 0 Å². The molecule has 1 amide bonds. The van der Waals surface area contributed by atoms with Crippen LogP contribution in [0.25, 0.3) is 10.9 Å². The van der Waals surface area contributed by atoms with Gasteiger partial charge in [0.05, 0.1) is 10.9 Å². The third kappa shape index (κ3) is 7.89. The minimum Gasteiger partial charge on any atom is -0.480 e. The van der Waals surface area contributed by atoms with E-state index in [9.17, 15) is 19.5 Å². The van der Waals surface area contributed by atoms with E-state index >= 15 is 0 Å². The molecule has 1 atom stereocenters. The van der Waals surface area contributed by atoms with E-state index in [0.717, 1.165) is 11.3 Å². The average molecular weight is 496 g/mol. The van der Waals surface area contributed by atoms with Gasteiger partial charge in [0.25, 0.3) is 5.56 Å². The Morgan fingerprint density at radius 2 is 1.86 bits per heavy atom. The van der Waals surface area contributed by atoms with Crippen molar-refractivity contribution in [3.05, 3.63) is 70.3 Å². The van der Waals surface area contributed by atoms with Crippen molar-refractivity contribution < 1.29 is 14.7 Å². The van der Waals surface area contributed by atoms with E-state index in [1.807, 2.05) is 31.2 Å². The maximum absolute atomic E-state index is 12.3. The number of aliphatic carboxylic acids is 1. The van der Waals surface area contributed by atoms with Crippen molar-refractivity contribution >= 4 is 45.8 Å². The molecule has 184 valence electrons. The van der Waals surface area contributed by atoms with Gasteiger partial charge in [-0.1, -0.05) is 30.3 Å². The maximum Gasteiger partial charge on any atom is 0.326 e. The first-order valence-electron chi connectivity index (χ1n) is 11.4. The fourth-order valence-corrected chi connectivity index (χ4v) is 3.78. The number of aromatic nitrogens is 2. The predicted molar refractivity (Wildman–Crippen MR) is 140 cm³/mol. The van der Waals surface area contributed by atoms with Gasteiger partial charge in [0.1, 0.15) is 11.9 Å². The zero-order valence-electron chi connectivity index (χ0n) is 19.5. The number of aromatic amines is 1. The second-order valence-electron chi connectivity index (χ2n) is 8.18. The van der Waals surface area contributed by atoms with E-state index in [2.05, 4.69) is 25.9 Å². The van der Waals surface area contributed by atoms with Crippen molar-refractivity contribution in [2.45, 2.75) is 45.1 Å². The Morgan fingerprint density at radius 1 is 1.11 bits per heavy atom. The fourth-order valence-electron chi connectivity index (χ4n) is 3.56. The summed E-state index contributed by atoms with van der Waals surface area (Å²) in [5.74, 6) is -1.10. The number of carbonyl (C=O) groups excluding carboxylic acids is 1. The Labute approximate surface area is 208 Å². The minimum atomic E-state index is -1.08. The van der Waals surface area contributed by atoms with Gasteiger partial charge < -0.3 is 26.0 Å². The number of aryl methyl sites for hydroxylation is 2. The zero-order chi connectivity index (χ0) is 25.2. The summed E-state index contributed by atoms with van der Waals surface area (Å²) in [6.07, 6.45) is 1.80. The van der Waals surface area contributed by atoms with Crippen LogP contribution in [0.4, 0.5) is 5.69 Å². The summed E-state index contributed by atoms with van der Waals surface area (Å²) < 4.78 is 0. The van der Waals surface area contributed by atoms with Gasteiger partial charge >= 0.3 is 5.97 Å². The number of hydrogen-bond donors (Lipinski definition) is 5. The van der Waals surface area contributed by atoms with Crippen molar-refractivity contribution in [2.24, 2.45) is 0 Å². The van der Waals surface area contributed by atoms with Crippen molar-refractivity contribution in [2.75, 3.05) is 11.9 Å². The maximum atomic E-state index is 12.3. The third-order valence-corrected chi connectivity index (χ3v) is 5.73. The Balaban J connectivity index is 1.39. The number of nitrogens with zero attached hydrogens (tertiary/aromatic N) is 1. The predicted octanol–water partition coefficient (Wildman–Crippen LogP) is 2.89. The summed E-state index contributed by atoms with van der Waals surface area (Å²) in [7, 11) is 0. The number of rotatable bonds is 11. The number of thiocarbonyl (C=S) groups is 1. The number of benzene rings is 2. The number of unbranched alkanes of at least 4 members (excludes halogenated alkanes) is 1. The van der Waals surface area contributed by atoms with Gasteiger partial charge in [-0.3, -0.25) is 9.59 Å². The Bertz CT molecular complexity index is 1260. The van der Waals surface area contributed by atoms with E-state index in [1.165, 1.54) is 0 Å². The van der Waals surface area contributed by atoms with E-state index in [0.29, 0.717) is 47.6 Å². The monoisotopic (exact) mass is 495 g/mol. The average Bonchev–Trinajstić information content (AvgIpc) is 2.83. The number of nitrogens with one attached hydrogen (secondary N) is 4. The van der Waals surface area contributed by atoms with Gasteiger partial charge in [-0.05, 0) is 62.2 Å². The SMILES string of the molecule is Cc1ccccc1NC(=S)NCCCC[C@H](NC(=O)CCc1nc2ccccc2c(=O)[nH]1)C(=O)O.